The molecule has 6 heteroatoms. The maximum absolute atomic E-state index is 9.19. The lowest BCUT2D eigenvalue weighted by atomic mass is 10.1. The summed E-state index contributed by atoms with van der Waals surface area (Å²) < 4.78 is 11.1. The molecule has 0 aromatic rings. The Kier molecular flexibility index (Phi) is 6.90. The van der Waals surface area contributed by atoms with E-state index in [1.54, 1.807) is 7.11 Å². The molecule has 0 radical (unpaired) electrons. The van der Waals surface area contributed by atoms with E-state index >= 15 is 0 Å². The first-order valence-corrected chi connectivity index (χ1v) is 8.26. The minimum absolute atomic E-state index is 0.237. The van der Waals surface area contributed by atoms with Gasteiger partial charge in [0, 0.05) is 57.4 Å². The number of thioether (sulfide) groups is 1. The van der Waals surface area contributed by atoms with Gasteiger partial charge in [-0.15, -0.1) is 0 Å². The molecule has 0 aliphatic carbocycles. The summed E-state index contributed by atoms with van der Waals surface area (Å²) in [5.74, 6) is 2.28. The summed E-state index contributed by atoms with van der Waals surface area (Å²) >= 11 is 2.00. The lowest BCUT2D eigenvalue weighted by molar-refractivity contribution is -0.0713. The first-order valence-electron chi connectivity index (χ1n) is 7.10. The molecule has 2 saturated heterocycles. The van der Waals surface area contributed by atoms with E-state index in [-0.39, 0.29) is 12.7 Å². The van der Waals surface area contributed by atoms with Crippen molar-refractivity contribution in [2.75, 3.05) is 71.2 Å². The highest BCUT2D eigenvalue weighted by Crippen LogP contribution is 2.22. The van der Waals surface area contributed by atoms with Crippen molar-refractivity contribution < 1.29 is 14.6 Å². The van der Waals surface area contributed by atoms with Gasteiger partial charge < -0.3 is 14.6 Å². The summed E-state index contributed by atoms with van der Waals surface area (Å²) in [4.78, 5) is 4.81. The highest BCUT2D eigenvalue weighted by atomic mass is 32.2. The molecule has 2 rings (SSSR count). The second kappa shape index (κ2) is 8.44. The van der Waals surface area contributed by atoms with E-state index in [9.17, 15) is 5.11 Å². The van der Waals surface area contributed by atoms with Gasteiger partial charge >= 0.3 is 0 Å². The lowest BCUT2D eigenvalue weighted by Crippen LogP contribution is -2.57. The Balaban J connectivity index is 1.87. The average Bonchev–Trinajstić information content (AvgIpc) is 2.46. The fourth-order valence-corrected chi connectivity index (χ4v) is 3.99. The summed E-state index contributed by atoms with van der Waals surface area (Å²) in [6.07, 6.45) is 0.268. The van der Waals surface area contributed by atoms with Gasteiger partial charge in [0.2, 0.25) is 0 Å². The highest BCUT2D eigenvalue weighted by Gasteiger charge is 2.33. The summed E-state index contributed by atoms with van der Waals surface area (Å²) in [5, 5.41) is 9.19. The summed E-state index contributed by atoms with van der Waals surface area (Å²) in [7, 11) is 1.75. The molecule has 2 fully saturated rings. The minimum atomic E-state index is 0.237. The number of rotatable bonds is 6. The van der Waals surface area contributed by atoms with Gasteiger partial charge in [-0.25, -0.2) is 0 Å². The fourth-order valence-electron chi connectivity index (χ4n) is 2.79. The van der Waals surface area contributed by atoms with Crippen LogP contribution in [0.3, 0.4) is 0 Å². The monoisotopic (exact) mass is 290 g/mol. The van der Waals surface area contributed by atoms with Gasteiger partial charge in [-0.2, -0.15) is 11.8 Å². The SMILES string of the molecule is COCCN1CCOC(C2CSCCN2CCO)C1. The number of hydrogen-bond acceptors (Lipinski definition) is 6. The molecule has 2 atom stereocenters. The van der Waals surface area contributed by atoms with Gasteiger partial charge in [-0.3, -0.25) is 9.80 Å². The molecule has 19 heavy (non-hydrogen) atoms. The molecule has 0 spiro atoms. The summed E-state index contributed by atoms with van der Waals surface area (Å²) in [6, 6.07) is 0.441. The van der Waals surface area contributed by atoms with Gasteiger partial charge in [-0.1, -0.05) is 0 Å². The van der Waals surface area contributed by atoms with Crippen molar-refractivity contribution >= 4 is 11.8 Å². The zero-order chi connectivity index (χ0) is 13.5. The Morgan fingerprint density at radius 2 is 2.26 bits per heavy atom. The lowest BCUT2D eigenvalue weighted by Gasteiger charge is -2.43. The quantitative estimate of drug-likeness (QED) is 0.727. The van der Waals surface area contributed by atoms with Gasteiger partial charge in [0.15, 0.2) is 0 Å². The van der Waals surface area contributed by atoms with E-state index < -0.39 is 0 Å². The van der Waals surface area contributed by atoms with Crippen molar-refractivity contribution in [3.05, 3.63) is 0 Å². The van der Waals surface area contributed by atoms with Crippen LogP contribution in [0.15, 0.2) is 0 Å². The van der Waals surface area contributed by atoms with Crippen molar-refractivity contribution in [1.82, 2.24) is 9.80 Å². The molecular weight excluding hydrogens is 264 g/mol. The molecule has 112 valence electrons. The van der Waals surface area contributed by atoms with Gasteiger partial charge in [0.1, 0.15) is 0 Å². The van der Waals surface area contributed by atoms with Gasteiger partial charge in [-0.05, 0) is 0 Å². The molecule has 0 bridgehead atoms. The van der Waals surface area contributed by atoms with Crippen molar-refractivity contribution in [3.63, 3.8) is 0 Å². The third-order valence-electron chi connectivity index (χ3n) is 3.89. The zero-order valence-electron chi connectivity index (χ0n) is 11.8. The Bertz CT molecular complexity index is 256. The molecule has 2 unspecified atom stereocenters. The third kappa shape index (κ3) is 4.58. The average molecular weight is 290 g/mol. The minimum Gasteiger partial charge on any atom is -0.395 e. The van der Waals surface area contributed by atoms with E-state index in [1.807, 2.05) is 11.8 Å². The molecule has 2 aliphatic heterocycles. The van der Waals surface area contributed by atoms with Crippen LogP contribution < -0.4 is 0 Å². The van der Waals surface area contributed by atoms with Crippen molar-refractivity contribution in [2.24, 2.45) is 0 Å². The number of ether oxygens (including phenoxy) is 2. The normalized spacial score (nSPS) is 30.6. The standard InChI is InChI=1S/C13H26N2O3S/c1-17-7-3-14-4-8-18-13(10-14)12-11-19-9-5-15(12)2-6-16/h12-13,16H,2-11H2,1H3. The van der Waals surface area contributed by atoms with Crippen LogP contribution in [0.5, 0.6) is 0 Å². The Morgan fingerprint density at radius 1 is 1.37 bits per heavy atom. The molecule has 0 aromatic heterocycles. The van der Waals surface area contributed by atoms with Crippen LogP contribution in [-0.2, 0) is 9.47 Å². The molecule has 2 heterocycles. The smallest absolute Gasteiger partial charge is 0.0865 e. The predicted molar refractivity (Wildman–Crippen MR) is 77.8 cm³/mol. The van der Waals surface area contributed by atoms with E-state index in [0.29, 0.717) is 6.04 Å². The third-order valence-corrected chi connectivity index (χ3v) is 4.93. The van der Waals surface area contributed by atoms with Gasteiger partial charge in [0.05, 0.1) is 25.9 Å². The number of aliphatic hydroxyl groups is 1. The number of methoxy groups -OCH3 is 1. The molecule has 0 saturated carbocycles. The van der Waals surface area contributed by atoms with E-state index in [4.69, 9.17) is 9.47 Å². The Hall–Kier alpha value is 0.150. The number of aliphatic hydroxyl groups excluding tert-OH is 1. The van der Waals surface area contributed by atoms with Crippen molar-refractivity contribution in [3.8, 4) is 0 Å². The van der Waals surface area contributed by atoms with Gasteiger partial charge in [0.25, 0.3) is 0 Å². The van der Waals surface area contributed by atoms with E-state index in [1.165, 1.54) is 0 Å². The van der Waals surface area contributed by atoms with Crippen LogP contribution >= 0.6 is 11.8 Å². The maximum atomic E-state index is 9.19. The topological polar surface area (TPSA) is 45.2 Å². The second-order valence-electron chi connectivity index (χ2n) is 5.10. The number of morpholine rings is 1. The molecule has 2 aliphatic rings. The molecule has 0 aromatic carbocycles. The van der Waals surface area contributed by atoms with Crippen LogP contribution in [0.25, 0.3) is 0 Å². The first-order chi connectivity index (χ1) is 9.35. The van der Waals surface area contributed by atoms with Crippen LogP contribution in [0.1, 0.15) is 0 Å². The number of hydrogen-bond donors (Lipinski definition) is 1. The van der Waals surface area contributed by atoms with Crippen LogP contribution in [0.4, 0.5) is 0 Å². The largest absolute Gasteiger partial charge is 0.395 e. The Labute approximate surface area is 120 Å². The number of β-amino-alcohol motifs (C(OH)–C–C–N with tert-alkyl or cyclic N) is 1. The maximum Gasteiger partial charge on any atom is 0.0865 e. The fraction of sp³-hybridized carbons (Fsp3) is 1.00. The van der Waals surface area contributed by atoms with Crippen LogP contribution in [-0.4, -0.2) is 98.2 Å². The van der Waals surface area contributed by atoms with Crippen molar-refractivity contribution in [1.29, 1.82) is 0 Å². The van der Waals surface area contributed by atoms with Crippen LogP contribution in [0, 0.1) is 0 Å². The number of nitrogens with zero attached hydrogens (tertiary/aromatic N) is 2. The van der Waals surface area contributed by atoms with E-state index in [0.717, 1.165) is 57.4 Å². The first kappa shape index (κ1) is 15.5. The molecule has 1 N–H and O–H groups in total. The van der Waals surface area contributed by atoms with Crippen LogP contribution in [0.2, 0.25) is 0 Å². The second-order valence-corrected chi connectivity index (χ2v) is 6.25. The molecule has 5 nitrogen and oxygen atoms in total. The van der Waals surface area contributed by atoms with Crippen molar-refractivity contribution in [2.45, 2.75) is 12.1 Å². The summed E-state index contributed by atoms with van der Waals surface area (Å²) in [6.45, 7) is 6.62. The Morgan fingerprint density at radius 3 is 3.05 bits per heavy atom. The van der Waals surface area contributed by atoms with E-state index in [2.05, 4.69) is 9.80 Å². The molecular formula is C13H26N2O3S. The molecule has 0 amide bonds. The highest BCUT2D eigenvalue weighted by molar-refractivity contribution is 7.99. The zero-order valence-corrected chi connectivity index (χ0v) is 12.6. The predicted octanol–water partition coefficient (Wildman–Crippen LogP) is -0.257. The summed E-state index contributed by atoms with van der Waals surface area (Å²) in [5.41, 5.74) is 0.